The highest BCUT2D eigenvalue weighted by atomic mass is 16.5. The second kappa shape index (κ2) is 9.94. The molecular weight excluding hydrogens is 394 g/mol. The molecule has 0 spiro atoms. The average Bonchev–Trinajstić information content (AvgIpc) is 3.41. The van der Waals surface area contributed by atoms with Crippen LogP contribution in [0.4, 0.5) is 0 Å². The van der Waals surface area contributed by atoms with Crippen molar-refractivity contribution in [1.82, 2.24) is 20.3 Å². The van der Waals surface area contributed by atoms with Gasteiger partial charge in [0.25, 0.3) is 0 Å². The van der Waals surface area contributed by atoms with E-state index in [0.29, 0.717) is 24.3 Å². The number of carbonyl (C=O) groups excluding carboxylic acids is 2. The summed E-state index contributed by atoms with van der Waals surface area (Å²) >= 11 is 0. The van der Waals surface area contributed by atoms with Crippen LogP contribution >= 0.6 is 0 Å². The quantitative estimate of drug-likeness (QED) is 0.433. The molecule has 8 heteroatoms. The third kappa shape index (κ3) is 5.51. The Morgan fingerprint density at radius 2 is 2.13 bits per heavy atom. The predicted molar refractivity (Wildman–Crippen MR) is 117 cm³/mol. The van der Waals surface area contributed by atoms with E-state index in [2.05, 4.69) is 26.3 Å². The minimum Gasteiger partial charge on any atom is -0.496 e. The number of nitrogens with one attached hydrogen (secondary N) is 3. The van der Waals surface area contributed by atoms with Crippen LogP contribution in [0.15, 0.2) is 36.8 Å². The number of aromatic amines is 2. The molecule has 1 amide bonds. The Morgan fingerprint density at radius 3 is 2.77 bits per heavy atom. The lowest BCUT2D eigenvalue weighted by atomic mass is 9.90. The smallest absolute Gasteiger partial charge is 0.224 e. The Kier molecular flexibility index (Phi) is 7.08. The van der Waals surface area contributed by atoms with E-state index in [1.54, 1.807) is 19.4 Å². The molecule has 8 nitrogen and oxygen atoms in total. The van der Waals surface area contributed by atoms with Crippen LogP contribution in [0, 0.1) is 23.2 Å². The predicted octanol–water partition coefficient (Wildman–Crippen LogP) is 3.39. The number of aromatic nitrogens is 3. The van der Waals surface area contributed by atoms with Crippen molar-refractivity contribution in [2.75, 3.05) is 7.11 Å². The molecule has 0 aliphatic carbocycles. The van der Waals surface area contributed by atoms with Gasteiger partial charge in [0.2, 0.25) is 5.91 Å². The number of carbonyl (C=O) groups is 2. The zero-order valence-corrected chi connectivity index (χ0v) is 17.9. The van der Waals surface area contributed by atoms with Gasteiger partial charge in [0.1, 0.15) is 11.8 Å². The van der Waals surface area contributed by atoms with E-state index in [0.717, 1.165) is 16.6 Å². The average molecular weight is 422 g/mol. The molecule has 0 saturated carbocycles. The fourth-order valence-electron chi connectivity index (χ4n) is 3.68. The second-order valence-electron chi connectivity index (χ2n) is 8.03. The molecule has 0 aliphatic heterocycles. The van der Waals surface area contributed by atoms with Crippen molar-refractivity contribution in [3.63, 3.8) is 0 Å². The lowest BCUT2D eigenvalue weighted by molar-refractivity contribution is -0.125. The minimum atomic E-state index is -0.699. The zero-order chi connectivity index (χ0) is 22.4. The largest absolute Gasteiger partial charge is 0.496 e. The summed E-state index contributed by atoms with van der Waals surface area (Å²) < 4.78 is 5.36. The van der Waals surface area contributed by atoms with Gasteiger partial charge < -0.3 is 20.0 Å². The van der Waals surface area contributed by atoms with Crippen molar-refractivity contribution in [1.29, 1.82) is 5.26 Å². The van der Waals surface area contributed by atoms with Gasteiger partial charge in [-0.15, -0.1) is 0 Å². The van der Waals surface area contributed by atoms with Crippen molar-refractivity contribution < 1.29 is 14.3 Å². The Labute approximate surface area is 181 Å². The van der Waals surface area contributed by atoms with Crippen LogP contribution in [0.5, 0.6) is 5.75 Å². The number of fused-ring (bicyclic) bond motifs is 1. The second-order valence-corrected chi connectivity index (χ2v) is 8.03. The van der Waals surface area contributed by atoms with Crippen LogP contribution in [-0.2, 0) is 11.2 Å². The van der Waals surface area contributed by atoms with E-state index < -0.39 is 12.0 Å². The Morgan fingerprint density at radius 1 is 1.32 bits per heavy atom. The van der Waals surface area contributed by atoms with E-state index in [-0.39, 0.29) is 24.0 Å². The summed E-state index contributed by atoms with van der Waals surface area (Å²) in [6.07, 6.45) is 4.08. The number of ether oxygens (including phenoxy) is 1. The number of hydrogen-bond acceptors (Lipinski definition) is 5. The lowest BCUT2D eigenvalue weighted by Gasteiger charge is -2.20. The molecule has 0 aliphatic rings. The van der Waals surface area contributed by atoms with Crippen LogP contribution in [0.3, 0.4) is 0 Å². The first-order valence-corrected chi connectivity index (χ1v) is 10.3. The molecule has 2 aromatic heterocycles. The topological polar surface area (TPSA) is 124 Å². The number of nitriles is 1. The van der Waals surface area contributed by atoms with Crippen molar-refractivity contribution >= 4 is 22.6 Å². The summed E-state index contributed by atoms with van der Waals surface area (Å²) in [6.45, 7) is 4.01. The molecule has 3 N–H and O–H groups in total. The lowest BCUT2D eigenvalue weighted by Crippen LogP contribution is -2.40. The van der Waals surface area contributed by atoms with Gasteiger partial charge >= 0.3 is 0 Å². The Hall–Kier alpha value is -3.60. The molecule has 0 bridgehead atoms. The molecular formula is C23H27N5O3. The molecule has 3 aromatic rings. The number of Topliss-reactive ketones (excluding diaryl/α,β-unsaturated/α-hetero) is 1. The van der Waals surface area contributed by atoms with Crippen LogP contribution in [0.2, 0.25) is 0 Å². The van der Waals surface area contributed by atoms with E-state index in [9.17, 15) is 14.9 Å². The summed E-state index contributed by atoms with van der Waals surface area (Å²) in [6, 6.07) is 8.73. The molecule has 3 rings (SSSR count). The molecule has 2 heterocycles. The van der Waals surface area contributed by atoms with Crippen molar-refractivity contribution in [3.05, 3.63) is 48.2 Å². The summed E-state index contributed by atoms with van der Waals surface area (Å²) in [5.74, 6) is -0.0687. The molecule has 2 atom stereocenters. The van der Waals surface area contributed by atoms with Crippen molar-refractivity contribution in [2.24, 2.45) is 11.8 Å². The third-order valence-electron chi connectivity index (χ3n) is 5.15. The monoisotopic (exact) mass is 421 g/mol. The first-order chi connectivity index (χ1) is 14.9. The molecule has 1 aromatic carbocycles. The highest BCUT2D eigenvalue weighted by Gasteiger charge is 2.26. The fourth-order valence-corrected chi connectivity index (χ4v) is 3.68. The zero-order valence-electron chi connectivity index (χ0n) is 17.9. The summed E-state index contributed by atoms with van der Waals surface area (Å²) in [5.41, 5.74) is 2.00. The standard InChI is InChI=1S/C23H27N5O3/c1-14(2)7-15(23(30)27-16(11-24)9-17-12-25-13-26-17)8-21(29)20-10-18-19(28-20)5-4-6-22(18)31-3/h4-6,10,12-16,28H,7-9H2,1-3H3,(H,25,26)(H,27,30). The number of imidazole rings is 1. The molecule has 0 fully saturated rings. The van der Waals surface area contributed by atoms with Gasteiger partial charge in [0.05, 0.1) is 25.2 Å². The van der Waals surface area contributed by atoms with Crippen LogP contribution < -0.4 is 10.1 Å². The first-order valence-electron chi connectivity index (χ1n) is 10.3. The Bertz CT molecular complexity index is 1080. The maximum atomic E-state index is 13.0. The maximum Gasteiger partial charge on any atom is 0.224 e. The highest BCUT2D eigenvalue weighted by molar-refractivity contribution is 6.02. The van der Waals surface area contributed by atoms with E-state index in [1.807, 2.05) is 32.0 Å². The fraction of sp³-hybridized carbons (Fsp3) is 0.391. The SMILES string of the molecule is COc1cccc2[nH]c(C(=O)CC(CC(C)C)C(=O)NC(C#N)Cc3cnc[nH]3)cc12. The van der Waals surface area contributed by atoms with E-state index in [1.165, 1.54) is 6.33 Å². The summed E-state index contributed by atoms with van der Waals surface area (Å²) in [5, 5.41) is 13.0. The maximum absolute atomic E-state index is 13.0. The normalized spacial score (nSPS) is 13.0. The van der Waals surface area contributed by atoms with Gasteiger partial charge in [0.15, 0.2) is 5.78 Å². The number of nitrogens with zero attached hydrogens (tertiary/aromatic N) is 2. The van der Waals surface area contributed by atoms with Gasteiger partial charge in [-0.05, 0) is 30.5 Å². The first kappa shape index (κ1) is 22.1. The number of hydrogen-bond donors (Lipinski definition) is 3. The van der Waals surface area contributed by atoms with E-state index in [4.69, 9.17) is 4.74 Å². The number of methoxy groups -OCH3 is 1. The number of rotatable bonds is 10. The van der Waals surface area contributed by atoms with Crippen molar-refractivity contribution in [3.8, 4) is 11.8 Å². The molecule has 162 valence electrons. The van der Waals surface area contributed by atoms with E-state index >= 15 is 0 Å². The number of benzene rings is 1. The molecule has 0 saturated heterocycles. The summed E-state index contributed by atoms with van der Waals surface area (Å²) in [7, 11) is 1.58. The summed E-state index contributed by atoms with van der Waals surface area (Å²) in [4.78, 5) is 35.9. The minimum absolute atomic E-state index is 0.0569. The van der Waals surface area contributed by atoms with Gasteiger partial charge in [0, 0.05) is 41.6 Å². The van der Waals surface area contributed by atoms with Gasteiger partial charge in [-0.3, -0.25) is 9.59 Å². The molecule has 31 heavy (non-hydrogen) atoms. The number of amides is 1. The van der Waals surface area contributed by atoms with Crippen molar-refractivity contribution in [2.45, 2.75) is 39.2 Å². The molecule has 2 unspecified atom stereocenters. The Balaban J connectivity index is 1.73. The van der Waals surface area contributed by atoms with Gasteiger partial charge in [-0.25, -0.2) is 4.98 Å². The van der Waals surface area contributed by atoms with Crippen LogP contribution in [0.25, 0.3) is 10.9 Å². The van der Waals surface area contributed by atoms with Gasteiger partial charge in [-0.1, -0.05) is 19.9 Å². The molecule has 0 radical (unpaired) electrons. The number of ketones is 1. The number of H-pyrrole nitrogens is 2. The van der Waals surface area contributed by atoms with Crippen LogP contribution in [-0.4, -0.2) is 39.8 Å². The third-order valence-corrected chi connectivity index (χ3v) is 5.15. The highest BCUT2D eigenvalue weighted by Crippen LogP contribution is 2.27. The van der Waals surface area contributed by atoms with Gasteiger partial charge in [-0.2, -0.15) is 5.26 Å². The van der Waals surface area contributed by atoms with Crippen LogP contribution in [0.1, 0.15) is 42.9 Å².